The first-order valence-corrected chi connectivity index (χ1v) is 6.79. The van der Waals surface area contributed by atoms with Gasteiger partial charge in [0.25, 0.3) is 0 Å². The Morgan fingerprint density at radius 3 is 3.16 bits per heavy atom. The first-order chi connectivity index (χ1) is 9.22. The van der Waals surface area contributed by atoms with Crippen LogP contribution in [0, 0.1) is 6.92 Å². The summed E-state index contributed by atoms with van der Waals surface area (Å²) in [4.78, 5) is 5.36. The molecule has 5 nitrogen and oxygen atoms in total. The van der Waals surface area contributed by atoms with Crippen molar-refractivity contribution in [1.29, 1.82) is 0 Å². The summed E-state index contributed by atoms with van der Waals surface area (Å²) in [5, 5.41) is 11.9. The van der Waals surface area contributed by atoms with Crippen LogP contribution in [0.1, 0.15) is 31.0 Å². The topological polar surface area (TPSA) is 51.4 Å². The number of hydrogen-bond donors (Lipinski definition) is 1. The maximum absolute atomic E-state index is 5.36. The minimum atomic E-state index is 0.179. The van der Waals surface area contributed by atoms with E-state index in [0.717, 1.165) is 43.9 Å². The van der Waals surface area contributed by atoms with Crippen LogP contribution in [0.3, 0.4) is 0 Å². The molecule has 19 heavy (non-hydrogen) atoms. The largest absolute Gasteiger partial charge is 0.391 e. The van der Waals surface area contributed by atoms with Crippen molar-refractivity contribution in [3.05, 3.63) is 30.1 Å². The third-order valence-electron chi connectivity index (χ3n) is 3.25. The van der Waals surface area contributed by atoms with E-state index in [1.807, 2.05) is 17.7 Å². The van der Waals surface area contributed by atoms with Gasteiger partial charge in [0.2, 0.25) is 0 Å². The van der Waals surface area contributed by atoms with Gasteiger partial charge in [-0.2, -0.15) is 5.10 Å². The molecule has 0 bridgehead atoms. The summed E-state index contributed by atoms with van der Waals surface area (Å²) in [6.45, 7) is 10.2. The Hall–Kier alpha value is -1.62. The van der Waals surface area contributed by atoms with Gasteiger partial charge in [-0.25, -0.2) is 0 Å². The van der Waals surface area contributed by atoms with E-state index in [1.165, 1.54) is 5.56 Å². The van der Waals surface area contributed by atoms with Crippen molar-refractivity contribution in [3.8, 4) is 0 Å². The molecule has 104 valence electrons. The lowest BCUT2D eigenvalue weighted by molar-refractivity contribution is 0.0848. The van der Waals surface area contributed by atoms with Gasteiger partial charge in [0.05, 0.1) is 18.0 Å². The van der Waals surface area contributed by atoms with E-state index in [2.05, 4.69) is 35.3 Å². The lowest BCUT2D eigenvalue weighted by atomic mass is 10.1. The minimum Gasteiger partial charge on any atom is -0.391 e. The zero-order valence-electron chi connectivity index (χ0n) is 11.7. The molecule has 0 fully saturated rings. The van der Waals surface area contributed by atoms with Crippen LogP contribution in [0.2, 0.25) is 0 Å². The predicted octanol–water partition coefficient (Wildman–Crippen LogP) is 2.02. The Labute approximate surface area is 114 Å². The van der Waals surface area contributed by atoms with Crippen molar-refractivity contribution in [3.63, 3.8) is 0 Å². The van der Waals surface area contributed by atoms with Gasteiger partial charge in [-0.05, 0) is 13.3 Å². The molecule has 0 aliphatic carbocycles. The van der Waals surface area contributed by atoms with E-state index >= 15 is 0 Å². The van der Waals surface area contributed by atoms with Crippen molar-refractivity contribution in [2.75, 3.05) is 6.54 Å². The maximum atomic E-state index is 5.36. The van der Waals surface area contributed by atoms with Crippen LogP contribution in [-0.4, -0.2) is 28.1 Å². The quantitative estimate of drug-likeness (QED) is 0.765. The van der Waals surface area contributed by atoms with E-state index in [1.54, 1.807) is 0 Å². The molecule has 1 aromatic heterocycles. The summed E-state index contributed by atoms with van der Waals surface area (Å²) in [6.07, 6.45) is 6.01. The number of rotatable bonds is 7. The highest BCUT2D eigenvalue weighted by Gasteiger charge is 2.19. The highest BCUT2D eigenvalue weighted by Crippen LogP contribution is 2.12. The highest BCUT2D eigenvalue weighted by atomic mass is 16.6. The standard InChI is InChI=1S/C14H22N4O/c1-4-6-18-10-12(11(3)16-18)8-15-9-14-7-13(5-2)17-19-14/h4,10,14-15H,1,5-9H2,2-3H3/t14-/m1/s1. The SMILES string of the molecule is C=CCn1cc(CNC[C@H]2CC(CC)=NO2)c(C)n1. The van der Waals surface area contributed by atoms with Crippen molar-refractivity contribution < 1.29 is 4.84 Å². The van der Waals surface area contributed by atoms with Crippen molar-refractivity contribution in [2.45, 2.75) is 45.9 Å². The molecule has 0 unspecified atom stereocenters. The lowest BCUT2D eigenvalue weighted by Gasteiger charge is -2.09. The summed E-state index contributed by atoms with van der Waals surface area (Å²) >= 11 is 0. The number of aromatic nitrogens is 2. The van der Waals surface area contributed by atoms with Crippen molar-refractivity contribution in [1.82, 2.24) is 15.1 Å². The number of nitrogens with one attached hydrogen (secondary N) is 1. The number of oxime groups is 1. The second-order valence-corrected chi connectivity index (χ2v) is 4.82. The van der Waals surface area contributed by atoms with Crippen LogP contribution in [0.4, 0.5) is 0 Å². The van der Waals surface area contributed by atoms with Crippen LogP contribution in [-0.2, 0) is 17.9 Å². The second-order valence-electron chi connectivity index (χ2n) is 4.82. The Bertz CT molecular complexity index is 464. The minimum absolute atomic E-state index is 0.179. The number of aryl methyl sites for hydroxylation is 1. The Morgan fingerprint density at radius 1 is 1.63 bits per heavy atom. The average molecular weight is 262 g/mol. The molecule has 0 spiro atoms. The fourth-order valence-electron chi connectivity index (χ4n) is 2.13. The molecule has 1 aliphatic rings. The summed E-state index contributed by atoms with van der Waals surface area (Å²) in [5.74, 6) is 0. The molecule has 1 N–H and O–H groups in total. The zero-order chi connectivity index (χ0) is 13.7. The van der Waals surface area contributed by atoms with Gasteiger partial charge < -0.3 is 10.2 Å². The monoisotopic (exact) mass is 262 g/mol. The second kappa shape index (κ2) is 6.52. The number of allylic oxidation sites excluding steroid dienone is 1. The molecule has 0 saturated heterocycles. The first-order valence-electron chi connectivity index (χ1n) is 6.79. The van der Waals surface area contributed by atoms with Gasteiger partial charge in [0.1, 0.15) is 6.10 Å². The summed E-state index contributed by atoms with van der Waals surface area (Å²) in [6, 6.07) is 0. The van der Waals surface area contributed by atoms with Gasteiger partial charge in [0, 0.05) is 31.3 Å². The number of nitrogens with zero attached hydrogens (tertiary/aromatic N) is 3. The van der Waals surface area contributed by atoms with Gasteiger partial charge in [-0.15, -0.1) is 6.58 Å². The third kappa shape index (κ3) is 3.67. The number of hydrogen-bond acceptors (Lipinski definition) is 4. The molecular formula is C14H22N4O. The molecule has 1 aliphatic heterocycles. The summed E-state index contributed by atoms with van der Waals surface area (Å²) in [7, 11) is 0. The molecule has 2 heterocycles. The Balaban J connectivity index is 1.75. The maximum Gasteiger partial charge on any atom is 0.145 e. The van der Waals surface area contributed by atoms with E-state index in [-0.39, 0.29) is 6.10 Å². The fourth-order valence-corrected chi connectivity index (χ4v) is 2.13. The van der Waals surface area contributed by atoms with Gasteiger partial charge >= 0.3 is 0 Å². The first kappa shape index (κ1) is 13.8. The van der Waals surface area contributed by atoms with Crippen LogP contribution >= 0.6 is 0 Å². The molecule has 5 heteroatoms. The molecule has 0 amide bonds. The predicted molar refractivity (Wildman–Crippen MR) is 76.1 cm³/mol. The van der Waals surface area contributed by atoms with E-state index in [9.17, 15) is 0 Å². The molecule has 0 radical (unpaired) electrons. The third-order valence-corrected chi connectivity index (χ3v) is 3.25. The van der Waals surface area contributed by atoms with Gasteiger partial charge in [-0.1, -0.05) is 18.2 Å². The van der Waals surface area contributed by atoms with Crippen molar-refractivity contribution in [2.24, 2.45) is 5.16 Å². The van der Waals surface area contributed by atoms with E-state index < -0.39 is 0 Å². The smallest absolute Gasteiger partial charge is 0.145 e. The van der Waals surface area contributed by atoms with E-state index in [4.69, 9.17) is 4.84 Å². The van der Waals surface area contributed by atoms with Gasteiger partial charge in [0.15, 0.2) is 0 Å². The Morgan fingerprint density at radius 2 is 2.47 bits per heavy atom. The molecule has 2 rings (SSSR count). The summed E-state index contributed by atoms with van der Waals surface area (Å²) in [5.41, 5.74) is 3.44. The zero-order valence-corrected chi connectivity index (χ0v) is 11.7. The molecule has 0 saturated carbocycles. The summed E-state index contributed by atoms with van der Waals surface area (Å²) < 4.78 is 1.91. The average Bonchev–Trinajstić information content (AvgIpc) is 2.98. The normalized spacial score (nSPS) is 18.2. The fraction of sp³-hybridized carbons (Fsp3) is 0.571. The van der Waals surface area contributed by atoms with Crippen LogP contribution in [0.15, 0.2) is 24.0 Å². The van der Waals surface area contributed by atoms with Crippen LogP contribution in [0.5, 0.6) is 0 Å². The molecule has 0 aromatic carbocycles. The van der Waals surface area contributed by atoms with Crippen LogP contribution in [0.25, 0.3) is 0 Å². The lowest BCUT2D eigenvalue weighted by Crippen LogP contribution is -2.26. The highest BCUT2D eigenvalue weighted by molar-refractivity contribution is 5.85. The molecule has 1 aromatic rings. The van der Waals surface area contributed by atoms with Crippen molar-refractivity contribution >= 4 is 5.71 Å². The van der Waals surface area contributed by atoms with Gasteiger partial charge in [-0.3, -0.25) is 4.68 Å². The molecule has 1 atom stereocenters. The molecular weight excluding hydrogens is 240 g/mol. The van der Waals surface area contributed by atoms with Crippen LogP contribution < -0.4 is 5.32 Å². The Kier molecular flexibility index (Phi) is 4.74. The van der Waals surface area contributed by atoms with E-state index in [0.29, 0.717) is 0 Å².